The molecule has 0 aliphatic rings. The van der Waals surface area contributed by atoms with Gasteiger partial charge in [-0.15, -0.1) is 0 Å². The van der Waals surface area contributed by atoms with Crippen LogP contribution in [-0.4, -0.2) is 17.9 Å². The topological polar surface area (TPSA) is 98.2 Å². The maximum atomic E-state index is 12.1. The lowest BCUT2D eigenvalue weighted by molar-refractivity contribution is -0.119. The van der Waals surface area contributed by atoms with E-state index < -0.39 is 11.9 Å². The largest absolute Gasteiger partial charge is 0.399 e. The molecule has 1 atom stereocenters. The minimum absolute atomic E-state index is 0.305. The predicted molar refractivity (Wildman–Crippen MR) is 81.4 cm³/mol. The Morgan fingerprint density at radius 2 is 1.76 bits per heavy atom. The van der Waals surface area contributed by atoms with E-state index in [9.17, 15) is 9.59 Å². The Balaban J connectivity index is 2.09. The number of nitrogens with two attached hydrogens (primary N) is 2. The first-order valence-corrected chi connectivity index (χ1v) is 6.56. The summed E-state index contributed by atoms with van der Waals surface area (Å²) in [6, 6.07) is 15.0. The summed E-state index contributed by atoms with van der Waals surface area (Å²) in [6.45, 7) is 0. The van der Waals surface area contributed by atoms with Crippen molar-refractivity contribution in [1.29, 1.82) is 0 Å². The Kier molecular flexibility index (Phi) is 4.56. The van der Waals surface area contributed by atoms with Crippen molar-refractivity contribution in [1.82, 2.24) is 5.32 Å². The van der Waals surface area contributed by atoms with Gasteiger partial charge >= 0.3 is 0 Å². The SMILES string of the molecule is NC(=O)C(Cc1cccc(N)c1)NC(=O)c1ccccc1. The minimum atomic E-state index is -0.778. The van der Waals surface area contributed by atoms with E-state index >= 15 is 0 Å². The van der Waals surface area contributed by atoms with Gasteiger partial charge in [0.25, 0.3) is 5.91 Å². The van der Waals surface area contributed by atoms with E-state index in [0.29, 0.717) is 17.7 Å². The molecule has 108 valence electrons. The first kappa shape index (κ1) is 14.6. The van der Waals surface area contributed by atoms with Crippen molar-refractivity contribution in [2.75, 3.05) is 5.73 Å². The van der Waals surface area contributed by atoms with E-state index in [1.807, 2.05) is 12.1 Å². The second-order valence-electron chi connectivity index (χ2n) is 4.74. The molecule has 0 radical (unpaired) electrons. The molecule has 0 heterocycles. The second kappa shape index (κ2) is 6.56. The smallest absolute Gasteiger partial charge is 0.251 e. The van der Waals surface area contributed by atoms with E-state index in [-0.39, 0.29) is 5.91 Å². The van der Waals surface area contributed by atoms with Gasteiger partial charge in [-0.25, -0.2) is 0 Å². The number of hydrogen-bond donors (Lipinski definition) is 3. The summed E-state index contributed by atoms with van der Waals surface area (Å²) in [4.78, 5) is 23.6. The van der Waals surface area contributed by atoms with Crippen molar-refractivity contribution in [2.45, 2.75) is 12.5 Å². The molecule has 21 heavy (non-hydrogen) atoms. The van der Waals surface area contributed by atoms with Crippen LogP contribution < -0.4 is 16.8 Å². The van der Waals surface area contributed by atoms with Gasteiger partial charge in [-0.05, 0) is 29.8 Å². The van der Waals surface area contributed by atoms with Crippen LogP contribution in [0, 0.1) is 0 Å². The van der Waals surface area contributed by atoms with Crippen LogP contribution in [-0.2, 0) is 11.2 Å². The molecule has 0 spiro atoms. The summed E-state index contributed by atoms with van der Waals surface area (Å²) < 4.78 is 0. The van der Waals surface area contributed by atoms with Gasteiger partial charge in [0.1, 0.15) is 6.04 Å². The highest BCUT2D eigenvalue weighted by Crippen LogP contribution is 2.09. The van der Waals surface area contributed by atoms with E-state index in [1.54, 1.807) is 42.5 Å². The fourth-order valence-electron chi connectivity index (χ4n) is 2.01. The number of anilines is 1. The summed E-state index contributed by atoms with van der Waals surface area (Å²) in [5, 5.41) is 2.65. The Bertz CT molecular complexity index is 641. The Hall–Kier alpha value is -2.82. The van der Waals surface area contributed by atoms with E-state index in [1.165, 1.54) is 0 Å². The Morgan fingerprint density at radius 1 is 1.05 bits per heavy atom. The summed E-state index contributed by atoms with van der Waals surface area (Å²) in [5.74, 6) is -0.912. The molecular formula is C16H17N3O2. The lowest BCUT2D eigenvalue weighted by atomic mass is 10.0. The van der Waals surface area contributed by atoms with E-state index in [2.05, 4.69) is 5.32 Å². The molecule has 0 aliphatic heterocycles. The molecule has 0 aliphatic carbocycles. The number of primary amides is 1. The quantitative estimate of drug-likeness (QED) is 0.716. The molecule has 5 nitrogen and oxygen atoms in total. The molecule has 1 unspecified atom stereocenters. The predicted octanol–water partition coefficient (Wildman–Crippen LogP) is 1.10. The average molecular weight is 283 g/mol. The number of nitrogen functional groups attached to an aromatic ring is 1. The number of carbonyl (C=O) groups is 2. The van der Waals surface area contributed by atoms with Gasteiger partial charge in [-0.1, -0.05) is 30.3 Å². The van der Waals surface area contributed by atoms with Crippen molar-refractivity contribution in [3.8, 4) is 0 Å². The number of amides is 2. The lowest BCUT2D eigenvalue weighted by Crippen LogP contribution is -2.45. The van der Waals surface area contributed by atoms with E-state index in [4.69, 9.17) is 11.5 Å². The molecule has 0 saturated heterocycles. The fourth-order valence-corrected chi connectivity index (χ4v) is 2.01. The first-order valence-electron chi connectivity index (χ1n) is 6.56. The third-order valence-corrected chi connectivity index (χ3v) is 3.08. The first-order chi connectivity index (χ1) is 10.1. The second-order valence-corrected chi connectivity index (χ2v) is 4.74. The average Bonchev–Trinajstić information content (AvgIpc) is 2.47. The van der Waals surface area contributed by atoms with Gasteiger partial charge in [-0.3, -0.25) is 9.59 Å². The zero-order chi connectivity index (χ0) is 15.2. The third-order valence-electron chi connectivity index (χ3n) is 3.08. The highest BCUT2D eigenvalue weighted by atomic mass is 16.2. The monoisotopic (exact) mass is 283 g/mol. The van der Waals surface area contributed by atoms with Crippen LogP contribution in [0.1, 0.15) is 15.9 Å². The summed E-state index contributed by atoms with van der Waals surface area (Å²) in [5.41, 5.74) is 13.0. The number of carbonyl (C=O) groups excluding carboxylic acids is 2. The molecule has 2 aromatic carbocycles. The molecule has 2 aromatic rings. The molecule has 0 aromatic heterocycles. The third kappa shape index (κ3) is 4.07. The highest BCUT2D eigenvalue weighted by Gasteiger charge is 2.19. The van der Waals surface area contributed by atoms with Crippen LogP contribution in [0.5, 0.6) is 0 Å². The maximum Gasteiger partial charge on any atom is 0.251 e. The molecule has 2 amide bonds. The fraction of sp³-hybridized carbons (Fsp3) is 0.125. The van der Waals surface area contributed by atoms with Crippen LogP contribution in [0.15, 0.2) is 54.6 Å². The van der Waals surface area contributed by atoms with Gasteiger partial charge in [0.15, 0.2) is 0 Å². The van der Waals surface area contributed by atoms with Crippen molar-refractivity contribution in [2.24, 2.45) is 5.73 Å². The number of rotatable bonds is 5. The van der Waals surface area contributed by atoms with Gasteiger partial charge in [0.2, 0.25) is 5.91 Å². The van der Waals surface area contributed by atoms with Crippen molar-refractivity contribution in [3.05, 3.63) is 65.7 Å². The molecule has 0 fully saturated rings. The molecule has 5 N–H and O–H groups in total. The van der Waals surface area contributed by atoms with Gasteiger partial charge < -0.3 is 16.8 Å². The Morgan fingerprint density at radius 3 is 2.38 bits per heavy atom. The molecule has 0 bridgehead atoms. The molecule has 0 saturated carbocycles. The van der Waals surface area contributed by atoms with Gasteiger partial charge in [0.05, 0.1) is 0 Å². The standard InChI is InChI=1S/C16H17N3O2/c17-13-8-4-5-11(9-13)10-14(15(18)20)19-16(21)12-6-2-1-3-7-12/h1-9,14H,10,17H2,(H2,18,20)(H,19,21). The van der Waals surface area contributed by atoms with Crippen molar-refractivity contribution in [3.63, 3.8) is 0 Å². The van der Waals surface area contributed by atoms with Crippen LogP contribution in [0.4, 0.5) is 5.69 Å². The van der Waals surface area contributed by atoms with E-state index in [0.717, 1.165) is 5.56 Å². The summed E-state index contributed by atoms with van der Waals surface area (Å²) >= 11 is 0. The molecule has 5 heteroatoms. The number of nitrogens with one attached hydrogen (secondary N) is 1. The van der Waals surface area contributed by atoms with Gasteiger partial charge in [0, 0.05) is 17.7 Å². The van der Waals surface area contributed by atoms with Crippen LogP contribution in [0.3, 0.4) is 0 Å². The zero-order valence-corrected chi connectivity index (χ0v) is 11.5. The highest BCUT2D eigenvalue weighted by molar-refractivity contribution is 5.97. The Labute approximate surface area is 123 Å². The normalized spacial score (nSPS) is 11.6. The minimum Gasteiger partial charge on any atom is -0.399 e. The van der Waals surface area contributed by atoms with Crippen LogP contribution in [0.2, 0.25) is 0 Å². The molecule has 2 rings (SSSR count). The maximum absolute atomic E-state index is 12.1. The van der Waals surface area contributed by atoms with Crippen molar-refractivity contribution >= 4 is 17.5 Å². The van der Waals surface area contributed by atoms with Gasteiger partial charge in [-0.2, -0.15) is 0 Å². The van der Waals surface area contributed by atoms with Crippen LogP contribution >= 0.6 is 0 Å². The van der Waals surface area contributed by atoms with Crippen molar-refractivity contribution < 1.29 is 9.59 Å². The molecular weight excluding hydrogens is 266 g/mol. The summed E-state index contributed by atoms with van der Waals surface area (Å²) in [6.07, 6.45) is 0.305. The number of benzene rings is 2. The lowest BCUT2D eigenvalue weighted by Gasteiger charge is -2.16. The zero-order valence-electron chi connectivity index (χ0n) is 11.5. The van der Waals surface area contributed by atoms with Crippen LogP contribution in [0.25, 0.3) is 0 Å². The number of hydrogen-bond acceptors (Lipinski definition) is 3. The summed E-state index contributed by atoms with van der Waals surface area (Å²) in [7, 11) is 0.